The van der Waals surface area contributed by atoms with E-state index in [1.807, 2.05) is 0 Å². The molecular weight excluding hydrogens is 192 g/mol. The molecule has 0 aliphatic rings. The summed E-state index contributed by atoms with van der Waals surface area (Å²) in [5.41, 5.74) is 0. The summed E-state index contributed by atoms with van der Waals surface area (Å²) in [6.45, 7) is 4.36. The Hall–Kier alpha value is 1.12. The van der Waals surface area contributed by atoms with Crippen LogP contribution in [0.3, 0.4) is 0 Å². The fraction of sp³-hybridized carbons (Fsp3) is 1.00. The van der Waals surface area contributed by atoms with E-state index in [0.29, 0.717) is 0 Å². The van der Waals surface area contributed by atoms with Crippen LogP contribution < -0.4 is 0 Å². The summed E-state index contributed by atoms with van der Waals surface area (Å²) in [6.07, 6.45) is 2.64. The van der Waals surface area contributed by atoms with Crippen molar-refractivity contribution in [3.8, 4) is 0 Å². The summed E-state index contributed by atoms with van der Waals surface area (Å²) < 4.78 is 0. The molecule has 7 heavy (non-hydrogen) atoms. The molecule has 0 aliphatic heterocycles. The van der Waals surface area contributed by atoms with Gasteiger partial charge < -0.3 is 0 Å². The van der Waals surface area contributed by atoms with Crippen LogP contribution in [0.15, 0.2) is 0 Å². The third-order valence-corrected chi connectivity index (χ3v) is 0.500. The van der Waals surface area contributed by atoms with Crippen molar-refractivity contribution in [1.29, 1.82) is 0 Å². The molecule has 0 atom stereocenters. The van der Waals surface area contributed by atoms with Crippen LogP contribution in [0.5, 0.6) is 0 Å². The first kappa shape index (κ1) is 11.0. The molecule has 46 valence electrons. The molecule has 0 saturated carbocycles. The maximum absolute atomic E-state index is 4.95. The number of hydrogen-bond acceptors (Lipinski definition) is 0. The molecule has 0 rings (SSSR count). The Bertz CT molecular complexity index is 17.2. The molecule has 0 aromatic rings. The van der Waals surface area contributed by atoms with Gasteiger partial charge in [0.15, 0.2) is 0 Å². The van der Waals surface area contributed by atoms with Crippen molar-refractivity contribution in [2.24, 2.45) is 0 Å². The van der Waals surface area contributed by atoms with E-state index in [4.69, 9.17) is 20.0 Å². The number of hydrogen-bond donors (Lipinski definition) is 0. The molecule has 0 aliphatic carbocycles. The Kier molecular flexibility index (Phi) is 24.7. The molecule has 0 N–H and O–H groups in total. The zero-order valence-corrected chi connectivity index (χ0v) is 9.36. The van der Waals surface area contributed by atoms with Gasteiger partial charge >= 0.3 is 33.6 Å². The van der Waals surface area contributed by atoms with Gasteiger partial charge in [0.1, 0.15) is 0 Å². The second-order valence-corrected chi connectivity index (χ2v) is 5.72. The normalized spacial score (nSPS) is 6.86. The summed E-state index contributed by atoms with van der Waals surface area (Å²) >= 11 is -0.931. The van der Waals surface area contributed by atoms with E-state index in [9.17, 15) is 0 Å². The number of unbranched alkanes of at least 4 members (excludes halogenated alkanes) is 1. The van der Waals surface area contributed by atoms with Crippen LogP contribution in [0.1, 0.15) is 26.7 Å². The van der Waals surface area contributed by atoms with E-state index < -0.39 is 13.6 Å². The van der Waals surface area contributed by atoms with Crippen molar-refractivity contribution in [3.63, 3.8) is 0 Å². The zero-order chi connectivity index (χ0) is 6.12. The first-order valence-corrected chi connectivity index (χ1v) is 10.2. The van der Waals surface area contributed by atoms with Crippen LogP contribution in [-0.2, 0) is 0 Å². The minimum atomic E-state index is -0.931. The molecular formula is C4H12Cl2Ge. The molecule has 0 saturated heterocycles. The second-order valence-electron chi connectivity index (χ2n) is 1.10. The van der Waals surface area contributed by atoms with Gasteiger partial charge in [-0.25, -0.2) is 0 Å². The Labute approximate surface area is 60.4 Å². The number of rotatable bonds is 1. The van der Waals surface area contributed by atoms with Crippen LogP contribution in [0.4, 0.5) is 0 Å². The van der Waals surface area contributed by atoms with Gasteiger partial charge in [-0.3, -0.25) is 0 Å². The Morgan fingerprint density at radius 3 is 1.29 bits per heavy atom. The Morgan fingerprint density at radius 1 is 1.14 bits per heavy atom. The second kappa shape index (κ2) is 15.7. The summed E-state index contributed by atoms with van der Waals surface area (Å²) in [5.74, 6) is 0. The van der Waals surface area contributed by atoms with Crippen molar-refractivity contribution >= 4 is 33.6 Å². The first-order chi connectivity index (χ1) is 3.33. The molecule has 0 fully saturated rings. The molecule has 0 amide bonds. The summed E-state index contributed by atoms with van der Waals surface area (Å²) in [4.78, 5) is 0. The van der Waals surface area contributed by atoms with Crippen molar-refractivity contribution in [2.75, 3.05) is 0 Å². The van der Waals surface area contributed by atoms with Gasteiger partial charge in [-0.15, -0.1) is 0 Å². The third kappa shape index (κ3) is 41.5. The molecule has 0 unspecified atom stereocenters. The molecule has 3 heteroatoms. The predicted octanol–water partition coefficient (Wildman–Crippen LogP) is 2.27. The molecule has 0 aromatic heterocycles. The van der Waals surface area contributed by atoms with E-state index in [0.717, 1.165) is 0 Å². The maximum atomic E-state index is 4.95. The molecule has 0 spiro atoms. The predicted molar refractivity (Wildman–Crippen MR) is 40.8 cm³/mol. The van der Waals surface area contributed by atoms with E-state index in [2.05, 4.69) is 13.8 Å². The van der Waals surface area contributed by atoms with Crippen LogP contribution in [0.2, 0.25) is 0 Å². The van der Waals surface area contributed by atoms with Gasteiger partial charge in [0, 0.05) is 0 Å². The molecule has 0 nitrogen and oxygen atoms in total. The summed E-state index contributed by atoms with van der Waals surface area (Å²) in [5, 5.41) is 0. The van der Waals surface area contributed by atoms with Crippen molar-refractivity contribution in [1.82, 2.24) is 0 Å². The fourth-order valence-electron chi connectivity index (χ4n) is 0. The topological polar surface area (TPSA) is 0 Å². The van der Waals surface area contributed by atoms with E-state index in [-0.39, 0.29) is 0 Å². The van der Waals surface area contributed by atoms with Gasteiger partial charge in [-0.2, -0.15) is 0 Å². The summed E-state index contributed by atoms with van der Waals surface area (Å²) in [7, 11) is 9.90. The third-order valence-electron chi connectivity index (χ3n) is 0.500. The average molecular weight is 204 g/mol. The van der Waals surface area contributed by atoms with Gasteiger partial charge in [-0.05, 0) is 0 Å². The Morgan fingerprint density at radius 2 is 1.29 bits per heavy atom. The van der Waals surface area contributed by atoms with Crippen LogP contribution >= 0.6 is 20.0 Å². The van der Waals surface area contributed by atoms with Gasteiger partial charge in [0.2, 0.25) is 0 Å². The zero-order valence-electron chi connectivity index (χ0n) is 4.88. The monoisotopic (exact) mass is 204 g/mol. The SMILES string of the molecule is CCCC.[Cl][GeH2][Cl]. The molecule has 0 heterocycles. The van der Waals surface area contributed by atoms with Crippen LogP contribution in [0.25, 0.3) is 0 Å². The van der Waals surface area contributed by atoms with Crippen LogP contribution in [0, 0.1) is 0 Å². The number of halogens is 2. The fourth-order valence-corrected chi connectivity index (χ4v) is 0. The molecule has 0 bridgehead atoms. The Balaban J connectivity index is 0. The van der Waals surface area contributed by atoms with Crippen molar-refractivity contribution < 1.29 is 0 Å². The van der Waals surface area contributed by atoms with Crippen molar-refractivity contribution in [3.05, 3.63) is 0 Å². The van der Waals surface area contributed by atoms with Crippen LogP contribution in [-0.4, -0.2) is 13.6 Å². The summed E-state index contributed by atoms with van der Waals surface area (Å²) in [6, 6.07) is 0. The molecule has 0 aromatic carbocycles. The standard InChI is InChI=1S/C4H10.Cl2GeH2/c1-3-4-2;1-3-2/h3-4H2,1-2H3;3H2. The van der Waals surface area contributed by atoms with Gasteiger partial charge in [-0.1, -0.05) is 26.7 Å². The quantitative estimate of drug-likeness (QED) is 0.574. The van der Waals surface area contributed by atoms with Gasteiger partial charge in [0.05, 0.1) is 0 Å². The van der Waals surface area contributed by atoms with Gasteiger partial charge in [0.25, 0.3) is 0 Å². The van der Waals surface area contributed by atoms with Crippen molar-refractivity contribution in [2.45, 2.75) is 26.7 Å². The van der Waals surface area contributed by atoms with E-state index in [1.54, 1.807) is 0 Å². The molecule has 0 radical (unpaired) electrons. The average Bonchev–Trinajstić information content (AvgIpc) is 1.69. The van der Waals surface area contributed by atoms with E-state index >= 15 is 0 Å². The van der Waals surface area contributed by atoms with E-state index in [1.165, 1.54) is 12.8 Å². The minimum absolute atomic E-state index is 0.931. The first-order valence-electron chi connectivity index (χ1n) is 2.45.